The first-order chi connectivity index (χ1) is 13.5. The molecule has 0 fully saturated rings. The van der Waals surface area contributed by atoms with E-state index in [2.05, 4.69) is 20.6 Å². The molecule has 1 heterocycles. The first kappa shape index (κ1) is 19.6. The zero-order valence-electron chi connectivity index (χ0n) is 15.7. The molecule has 28 heavy (non-hydrogen) atoms. The van der Waals surface area contributed by atoms with Gasteiger partial charge in [-0.1, -0.05) is 23.7 Å². The second kappa shape index (κ2) is 9.19. The lowest BCUT2D eigenvalue weighted by atomic mass is 10.1. The molecule has 0 atom stereocenters. The van der Waals surface area contributed by atoms with Crippen LogP contribution in [0.5, 0.6) is 5.75 Å². The van der Waals surface area contributed by atoms with Crippen LogP contribution in [-0.2, 0) is 6.42 Å². The lowest BCUT2D eigenvalue weighted by Crippen LogP contribution is -2.16. The summed E-state index contributed by atoms with van der Waals surface area (Å²) in [7, 11) is 1.65. The Morgan fingerprint density at radius 1 is 1.11 bits per heavy atom. The largest absolute Gasteiger partial charge is 0.497 e. The molecule has 1 aromatic heterocycles. The van der Waals surface area contributed by atoms with E-state index in [1.165, 1.54) is 0 Å². The summed E-state index contributed by atoms with van der Waals surface area (Å²) in [5.74, 6) is 0.943. The van der Waals surface area contributed by atoms with Crippen LogP contribution in [0.15, 0.2) is 54.6 Å². The molecule has 6 nitrogen and oxygen atoms in total. The van der Waals surface area contributed by atoms with Gasteiger partial charge in [0.25, 0.3) is 5.91 Å². The van der Waals surface area contributed by atoms with Gasteiger partial charge in [-0.05, 0) is 61.4 Å². The summed E-state index contributed by atoms with van der Waals surface area (Å²) in [6, 6.07) is 16.4. The molecule has 3 rings (SSSR count). The molecule has 7 heteroatoms. The van der Waals surface area contributed by atoms with Crippen LogP contribution >= 0.6 is 11.6 Å². The fraction of sp³-hybridized carbons (Fsp3) is 0.190. The summed E-state index contributed by atoms with van der Waals surface area (Å²) in [5.41, 5.74) is 2.80. The number of halogens is 1. The van der Waals surface area contributed by atoms with E-state index in [1.807, 2.05) is 31.2 Å². The zero-order valence-corrected chi connectivity index (χ0v) is 16.5. The maximum atomic E-state index is 12.5. The van der Waals surface area contributed by atoms with Gasteiger partial charge in [-0.3, -0.25) is 4.79 Å². The van der Waals surface area contributed by atoms with Gasteiger partial charge in [0.15, 0.2) is 0 Å². The normalized spacial score (nSPS) is 10.4. The van der Waals surface area contributed by atoms with E-state index in [0.29, 0.717) is 34.6 Å². The van der Waals surface area contributed by atoms with Crippen LogP contribution in [0.25, 0.3) is 0 Å². The molecular weight excluding hydrogens is 376 g/mol. The molecule has 0 spiro atoms. The average Bonchev–Trinajstić information content (AvgIpc) is 2.69. The molecule has 0 saturated heterocycles. The maximum absolute atomic E-state index is 12.5. The zero-order chi connectivity index (χ0) is 19.9. The highest BCUT2D eigenvalue weighted by Gasteiger charge is 2.11. The van der Waals surface area contributed by atoms with Gasteiger partial charge in [-0.2, -0.15) is 0 Å². The molecular formula is C21H21ClN4O2. The van der Waals surface area contributed by atoms with Crippen molar-refractivity contribution < 1.29 is 9.53 Å². The minimum absolute atomic E-state index is 0.298. The Morgan fingerprint density at radius 2 is 1.89 bits per heavy atom. The Labute approximate surface area is 168 Å². The molecule has 0 aliphatic heterocycles. The minimum Gasteiger partial charge on any atom is -0.497 e. The van der Waals surface area contributed by atoms with Crippen LogP contribution in [0.4, 0.5) is 11.6 Å². The van der Waals surface area contributed by atoms with E-state index < -0.39 is 0 Å². The third-order valence-corrected chi connectivity index (χ3v) is 4.27. The van der Waals surface area contributed by atoms with Crippen molar-refractivity contribution in [1.82, 2.24) is 9.97 Å². The van der Waals surface area contributed by atoms with Gasteiger partial charge in [0.1, 0.15) is 11.4 Å². The van der Waals surface area contributed by atoms with Crippen molar-refractivity contribution in [3.63, 3.8) is 0 Å². The first-order valence-electron chi connectivity index (χ1n) is 8.83. The van der Waals surface area contributed by atoms with Crippen LogP contribution in [0.1, 0.15) is 21.7 Å². The summed E-state index contributed by atoms with van der Waals surface area (Å²) in [6.45, 7) is 2.46. The average molecular weight is 397 g/mol. The number of methoxy groups -OCH3 is 1. The lowest BCUT2D eigenvalue weighted by molar-refractivity contribution is 0.102. The molecule has 2 aromatic carbocycles. The highest BCUT2D eigenvalue weighted by atomic mass is 35.5. The van der Waals surface area contributed by atoms with E-state index in [4.69, 9.17) is 16.3 Å². The molecule has 2 N–H and O–H groups in total. The fourth-order valence-corrected chi connectivity index (χ4v) is 2.76. The number of aromatic nitrogens is 2. The molecule has 144 valence electrons. The Balaban J connectivity index is 1.63. The fourth-order valence-electron chi connectivity index (χ4n) is 2.64. The minimum atomic E-state index is -0.302. The van der Waals surface area contributed by atoms with Gasteiger partial charge in [0.05, 0.1) is 7.11 Å². The third kappa shape index (κ3) is 5.44. The van der Waals surface area contributed by atoms with Gasteiger partial charge in [0.2, 0.25) is 5.95 Å². The summed E-state index contributed by atoms with van der Waals surface area (Å²) < 4.78 is 5.24. The van der Waals surface area contributed by atoms with Crippen molar-refractivity contribution in [2.24, 2.45) is 0 Å². The summed E-state index contributed by atoms with van der Waals surface area (Å²) >= 11 is 5.87. The summed E-state index contributed by atoms with van der Waals surface area (Å²) in [4.78, 5) is 21.2. The topological polar surface area (TPSA) is 76.1 Å². The van der Waals surface area contributed by atoms with Crippen molar-refractivity contribution in [1.29, 1.82) is 0 Å². The van der Waals surface area contributed by atoms with Crippen LogP contribution in [0.2, 0.25) is 5.02 Å². The quantitative estimate of drug-likeness (QED) is 0.620. The number of ether oxygens (including phenoxy) is 1. The Kier molecular flexibility index (Phi) is 6.45. The van der Waals surface area contributed by atoms with E-state index in [0.717, 1.165) is 17.7 Å². The number of carbonyl (C=O) groups is 1. The molecule has 0 aliphatic rings. The summed E-state index contributed by atoms with van der Waals surface area (Å²) in [6.07, 6.45) is 0.779. The second-order valence-electron chi connectivity index (χ2n) is 6.21. The van der Waals surface area contributed by atoms with E-state index in [9.17, 15) is 4.79 Å². The van der Waals surface area contributed by atoms with Crippen molar-refractivity contribution in [3.8, 4) is 5.75 Å². The summed E-state index contributed by atoms with van der Waals surface area (Å²) in [5, 5.41) is 6.59. The van der Waals surface area contributed by atoms with Gasteiger partial charge in [-0.25, -0.2) is 9.97 Å². The van der Waals surface area contributed by atoms with Crippen molar-refractivity contribution in [2.45, 2.75) is 13.3 Å². The number of rotatable bonds is 7. The molecule has 0 unspecified atom stereocenters. The molecule has 1 amide bonds. The lowest BCUT2D eigenvalue weighted by Gasteiger charge is -2.09. The SMILES string of the molecule is COc1cccc(CCNc2nc(C)cc(C(=O)Nc3ccc(Cl)cc3)n2)c1. The number of amides is 1. The number of hydrogen-bond acceptors (Lipinski definition) is 5. The number of aryl methyl sites for hydroxylation is 1. The van der Waals surface area contributed by atoms with Crippen LogP contribution in [0, 0.1) is 6.92 Å². The van der Waals surface area contributed by atoms with Gasteiger partial charge < -0.3 is 15.4 Å². The molecule has 3 aromatic rings. The van der Waals surface area contributed by atoms with E-state index in [-0.39, 0.29) is 5.91 Å². The molecule has 0 saturated carbocycles. The monoisotopic (exact) mass is 396 g/mol. The third-order valence-electron chi connectivity index (χ3n) is 4.02. The predicted molar refractivity (Wildman–Crippen MR) is 111 cm³/mol. The number of carbonyl (C=O) groups excluding carboxylic acids is 1. The highest BCUT2D eigenvalue weighted by molar-refractivity contribution is 6.30. The Bertz CT molecular complexity index is 961. The maximum Gasteiger partial charge on any atom is 0.274 e. The molecule has 0 aliphatic carbocycles. The number of nitrogens with zero attached hydrogens (tertiary/aromatic N) is 2. The van der Waals surface area contributed by atoms with E-state index >= 15 is 0 Å². The smallest absolute Gasteiger partial charge is 0.274 e. The predicted octanol–water partition coefficient (Wildman–Crippen LogP) is 4.35. The highest BCUT2D eigenvalue weighted by Crippen LogP contribution is 2.15. The molecule has 0 bridgehead atoms. The number of nitrogens with one attached hydrogen (secondary N) is 2. The number of anilines is 2. The second-order valence-corrected chi connectivity index (χ2v) is 6.64. The number of hydrogen-bond donors (Lipinski definition) is 2. The van der Waals surface area contributed by atoms with Crippen molar-refractivity contribution in [2.75, 3.05) is 24.3 Å². The van der Waals surface area contributed by atoms with Crippen LogP contribution in [0.3, 0.4) is 0 Å². The van der Waals surface area contributed by atoms with Crippen LogP contribution < -0.4 is 15.4 Å². The first-order valence-corrected chi connectivity index (χ1v) is 9.21. The van der Waals surface area contributed by atoms with Gasteiger partial charge in [-0.15, -0.1) is 0 Å². The van der Waals surface area contributed by atoms with Gasteiger partial charge in [0, 0.05) is 22.9 Å². The van der Waals surface area contributed by atoms with Crippen molar-refractivity contribution >= 4 is 29.1 Å². The van der Waals surface area contributed by atoms with E-state index in [1.54, 1.807) is 37.4 Å². The van der Waals surface area contributed by atoms with Crippen molar-refractivity contribution in [3.05, 3.63) is 76.6 Å². The number of benzene rings is 2. The Hall–Kier alpha value is -3.12. The standard InChI is InChI=1S/C21H21ClN4O2/c1-14-12-19(20(27)25-17-8-6-16(22)7-9-17)26-21(24-14)23-11-10-15-4-3-5-18(13-15)28-2/h3-9,12-13H,10-11H2,1-2H3,(H,25,27)(H,23,24,26). The van der Waals surface area contributed by atoms with Crippen LogP contribution in [-0.4, -0.2) is 29.5 Å². The van der Waals surface area contributed by atoms with Gasteiger partial charge >= 0.3 is 0 Å². The Morgan fingerprint density at radius 3 is 2.64 bits per heavy atom. The molecule has 0 radical (unpaired) electrons.